The van der Waals surface area contributed by atoms with Gasteiger partial charge in [0, 0.05) is 17.4 Å². The standard InChI is InChI=1S/C18H17F2N3O4/c1-11(21-18(26)23-12-5-3-2-4-6-12)17(25)27-10-16(24)22-13-7-8-14(19)15(20)9-13/h2-9,11H,10H2,1H3,(H,22,24)(H2,21,23,26)/t11-/m0/s1. The molecule has 0 bridgehead atoms. The lowest BCUT2D eigenvalue weighted by Gasteiger charge is -2.14. The summed E-state index contributed by atoms with van der Waals surface area (Å²) in [6, 6.07) is 9.79. The molecule has 0 spiro atoms. The highest BCUT2D eigenvalue weighted by molar-refractivity contribution is 5.94. The van der Waals surface area contributed by atoms with Crippen molar-refractivity contribution in [3.05, 3.63) is 60.2 Å². The Labute approximate surface area is 153 Å². The van der Waals surface area contributed by atoms with Gasteiger partial charge in [0.05, 0.1) is 0 Å². The van der Waals surface area contributed by atoms with Crippen molar-refractivity contribution in [1.29, 1.82) is 0 Å². The van der Waals surface area contributed by atoms with Crippen molar-refractivity contribution in [2.45, 2.75) is 13.0 Å². The van der Waals surface area contributed by atoms with E-state index in [9.17, 15) is 23.2 Å². The van der Waals surface area contributed by atoms with Crippen LogP contribution in [0.3, 0.4) is 0 Å². The Bertz CT molecular complexity index is 831. The maximum absolute atomic E-state index is 13.1. The van der Waals surface area contributed by atoms with E-state index in [1.165, 1.54) is 6.92 Å². The molecule has 0 radical (unpaired) electrons. The summed E-state index contributed by atoms with van der Waals surface area (Å²) < 4.78 is 30.7. The van der Waals surface area contributed by atoms with Crippen molar-refractivity contribution < 1.29 is 27.9 Å². The zero-order valence-electron chi connectivity index (χ0n) is 14.3. The molecule has 0 heterocycles. The predicted molar refractivity (Wildman–Crippen MR) is 94.0 cm³/mol. The number of hydrogen-bond donors (Lipinski definition) is 3. The highest BCUT2D eigenvalue weighted by Gasteiger charge is 2.18. The Morgan fingerprint density at radius 1 is 0.963 bits per heavy atom. The number of hydrogen-bond acceptors (Lipinski definition) is 4. The van der Waals surface area contributed by atoms with Crippen molar-refractivity contribution in [3.63, 3.8) is 0 Å². The summed E-state index contributed by atoms with van der Waals surface area (Å²) in [5.74, 6) is -3.74. The lowest BCUT2D eigenvalue weighted by Crippen LogP contribution is -2.42. The molecular weight excluding hydrogens is 360 g/mol. The fourth-order valence-corrected chi connectivity index (χ4v) is 1.98. The molecular formula is C18H17F2N3O4. The molecule has 0 aliphatic heterocycles. The van der Waals surface area contributed by atoms with Crippen molar-refractivity contribution in [3.8, 4) is 0 Å². The third-order valence-electron chi connectivity index (χ3n) is 3.28. The fraction of sp³-hybridized carbons (Fsp3) is 0.167. The van der Waals surface area contributed by atoms with E-state index in [0.29, 0.717) is 5.69 Å². The van der Waals surface area contributed by atoms with Gasteiger partial charge in [-0.1, -0.05) is 18.2 Å². The minimum atomic E-state index is -1.12. The smallest absolute Gasteiger partial charge is 0.328 e. The normalized spacial score (nSPS) is 11.2. The number of carbonyl (C=O) groups excluding carboxylic acids is 3. The summed E-state index contributed by atoms with van der Waals surface area (Å²) in [6.07, 6.45) is 0. The maximum Gasteiger partial charge on any atom is 0.328 e. The van der Waals surface area contributed by atoms with Gasteiger partial charge in [-0.15, -0.1) is 0 Å². The quantitative estimate of drug-likeness (QED) is 0.675. The van der Waals surface area contributed by atoms with Gasteiger partial charge in [0.15, 0.2) is 18.2 Å². The molecule has 27 heavy (non-hydrogen) atoms. The third kappa shape index (κ3) is 6.38. The number of urea groups is 1. The Morgan fingerprint density at radius 2 is 1.67 bits per heavy atom. The van der Waals surface area contributed by atoms with Crippen LogP contribution in [0, 0.1) is 11.6 Å². The SMILES string of the molecule is C[C@H](NC(=O)Nc1ccccc1)C(=O)OCC(=O)Nc1ccc(F)c(F)c1. The molecule has 1 atom stereocenters. The number of rotatable bonds is 6. The average Bonchev–Trinajstić information content (AvgIpc) is 2.63. The van der Waals surface area contributed by atoms with Crippen molar-refractivity contribution in [2.75, 3.05) is 17.2 Å². The molecule has 0 aromatic heterocycles. The van der Waals surface area contributed by atoms with Crippen LogP contribution in [-0.2, 0) is 14.3 Å². The van der Waals surface area contributed by atoms with Crippen LogP contribution in [0.2, 0.25) is 0 Å². The number of benzene rings is 2. The van der Waals surface area contributed by atoms with Gasteiger partial charge < -0.3 is 20.7 Å². The Morgan fingerprint density at radius 3 is 2.33 bits per heavy atom. The van der Waals surface area contributed by atoms with Gasteiger partial charge in [-0.05, 0) is 31.2 Å². The fourth-order valence-electron chi connectivity index (χ4n) is 1.98. The first-order chi connectivity index (χ1) is 12.8. The van der Waals surface area contributed by atoms with Crippen molar-refractivity contribution in [1.82, 2.24) is 5.32 Å². The third-order valence-corrected chi connectivity index (χ3v) is 3.28. The Balaban J connectivity index is 1.75. The van der Waals surface area contributed by atoms with Gasteiger partial charge in [0.1, 0.15) is 6.04 Å². The number of carbonyl (C=O) groups is 3. The highest BCUT2D eigenvalue weighted by Crippen LogP contribution is 2.12. The summed E-state index contributed by atoms with van der Waals surface area (Å²) in [7, 11) is 0. The van der Waals surface area contributed by atoms with E-state index in [1.807, 2.05) is 0 Å². The zero-order valence-corrected chi connectivity index (χ0v) is 14.3. The van der Waals surface area contributed by atoms with Gasteiger partial charge in [-0.2, -0.15) is 0 Å². The largest absolute Gasteiger partial charge is 0.454 e. The summed E-state index contributed by atoms with van der Waals surface area (Å²) in [5.41, 5.74) is 0.560. The minimum Gasteiger partial charge on any atom is -0.454 e. The number of ether oxygens (including phenoxy) is 1. The van der Waals surface area contributed by atoms with Crippen LogP contribution in [-0.4, -0.2) is 30.6 Å². The summed E-state index contributed by atoms with van der Waals surface area (Å²) in [5, 5.41) is 7.15. The first-order valence-corrected chi connectivity index (χ1v) is 7.89. The van der Waals surface area contributed by atoms with Gasteiger partial charge >= 0.3 is 12.0 Å². The average molecular weight is 377 g/mol. The molecule has 142 valence electrons. The number of amides is 3. The lowest BCUT2D eigenvalue weighted by molar-refractivity contribution is -0.148. The molecule has 9 heteroatoms. The molecule has 0 unspecified atom stereocenters. The molecule has 0 saturated carbocycles. The molecule has 7 nitrogen and oxygen atoms in total. The Hall–Kier alpha value is -3.49. The molecule has 2 aromatic rings. The second-order valence-electron chi connectivity index (χ2n) is 5.47. The van der Waals surface area contributed by atoms with Gasteiger partial charge in [0.2, 0.25) is 0 Å². The number of nitrogens with one attached hydrogen (secondary N) is 3. The number of esters is 1. The molecule has 3 amide bonds. The molecule has 0 aliphatic carbocycles. The van der Waals surface area contributed by atoms with Crippen LogP contribution >= 0.6 is 0 Å². The monoisotopic (exact) mass is 377 g/mol. The van der Waals surface area contributed by atoms with Gasteiger partial charge in [0.25, 0.3) is 5.91 Å². The topological polar surface area (TPSA) is 96.5 Å². The van der Waals surface area contributed by atoms with E-state index in [2.05, 4.69) is 16.0 Å². The number of halogens is 2. The van der Waals surface area contributed by atoms with E-state index in [4.69, 9.17) is 4.74 Å². The summed E-state index contributed by atoms with van der Waals surface area (Å²) in [4.78, 5) is 35.3. The second-order valence-corrected chi connectivity index (χ2v) is 5.47. The van der Waals surface area contributed by atoms with E-state index >= 15 is 0 Å². The molecule has 0 saturated heterocycles. The lowest BCUT2D eigenvalue weighted by atomic mass is 10.3. The second kappa shape index (κ2) is 9.27. The van der Waals surface area contributed by atoms with Crippen LogP contribution < -0.4 is 16.0 Å². The minimum absolute atomic E-state index is 0.0170. The Kier molecular flexibility index (Phi) is 6.81. The molecule has 2 rings (SSSR count). The molecule has 3 N–H and O–H groups in total. The maximum atomic E-state index is 13.1. The van der Waals surface area contributed by atoms with E-state index in [0.717, 1.165) is 18.2 Å². The number of anilines is 2. The van der Waals surface area contributed by atoms with Gasteiger partial charge in [-0.25, -0.2) is 18.4 Å². The van der Waals surface area contributed by atoms with Crippen LogP contribution in [0.15, 0.2) is 48.5 Å². The van der Waals surface area contributed by atoms with E-state index in [-0.39, 0.29) is 5.69 Å². The van der Waals surface area contributed by atoms with Crippen LogP contribution in [0.4, 0.5) is 25.0 Å². The van der Waals surface area contributed by atoms with Crippen molar-refractivity contribution in [2.24, 2.45) is 0 Å². The van der Waals surface area contributed by atoms with Crippen molar-refractivity contribution >= 4 is 29.3 Å². The predicted octanol–water partition coefficient (Wildman–Crippen LogP) is 2.66. The summed E-state index contributed by atoms with van der Waals surface area (Å²) >= 11 is 0. The number of para-hydroxylation sites is 1. The van der Waals surface area contributed by atoms with E-state index in [1.54, 1.807) is 30.3 Å². The van der Waals surface area contributed by atoms with Gasteiger partial charge in [-0.3, -0.25) is 4.79 Å². The molecule has 0 aliphatic rings. The van der Waals surface area contributed by atoms with E-state index < -0.39 is 42.2 Å². The summed E-state index contributed by atoms with van der Waals surface area (Å²) in [6.45, 7) is 0.740. The first kappa shape index (κ1) is 19.8. The van der Waals surface area contributed by atoms with Crippen LogP contribution in [0.5, 0.6) is 0 Å². The first-order valence-electron chi connectivity index (χ1n) is 7.89. The van der Waals surface area contributed by atoms with Crippen LogP contribution in [0.25, 0.3) is 0 Å². The van der Waals surface area contributed by atoms with Crippen LogP contribution in [0.1, 0.15) is 6.92 Å². The highest BCUT2D eigenvalue weighted by atomic mass is 19.2. The zero-order chi connectivity index (χ0) is 19.8. The molecule has 2 aromatic carbocycles. The molecule has 0 fully saturated rings.